The van der Waals surface area contributed by atoms with Gasteiger partial charge in [-0.2, -0.15) is 5.10 Å². The molecular weight excluding hydrogens is 495 g/mol. The molecule has 184 valence electrons. The van der Waals surface area contributed by atoms with Gasteiger partial charge in [-0.15, -0.1) is 0 Å². The van der Waals surface area contributed by atoms with Crippen LogP contribution in [-0.2, 0) is 16.3 Å². The molecule has 10 nitrogen and oxygen atoms in total. The van der Waals surface area contributed by atoms with Gasteiger partial charge in [0.25, 0.3) is 0 Å². The average molecular weight is 515 g/mol. The molecule has 12 heteroatoms. The summed E-state index contributed by atoms with van der Waals surface area (Å²) in [7, 11) is -3.18. The van der Waals surface area contributed by atoms with Crippen LogP contribution in [0.5, 0.6) is 0 Å². The van der Waals surface area contributed by atoms with Crippen molar-refractivity contribution in [3.8, 4) is 33.9 Å². The summed E-state index contributed by atoms with van der Waals surface area (Å²) in [4.78, 5) is 25.2. The van der Waals surface area contributed by atoms with E-state index in [1.54, 1.807) is 30.9 Å². The largest absolute Gasteiger partial charge is 0.335 e. The van der Waals surface area contributed by atoms with Gasteiger partial charge >= 0.3 is 0 Å². The van der Waals surface area contributed by atoms with Crippen molar-refractivity contribution in [1.29, 1.82) is 0 Å². The Hall–Kier alpha value is -4.58. The summed E-state index contributed by atoms with van der Waals surface area (Å²) in [5.41, 5.74) is 6.27. The minimum atomic E-state index is -3.18. The molecule has 0 unspecified atom stereocenters. The van der Waals surface area contributed by atoms with Crippen LogP contribution in [0.3, 0.4) is 0 Å². The van der Waals surface area contributed by atoms with Gasteiger partial charge in [-0.25, -0.2) is 32.7 Å². The molecule has 2 N–H and O–H groups in total. The van der Waals surface area contributed by atoms with Gasteiger partial charge in [0.15, 0.2) is 11.5 Å². The molecule has 0 bridgehead atoms. The predicted molar refractivity (Wildman–Crippen MR) is 137 cm³/mol. The summed E-state index contributed by atoms with van der Waals surface area (Å²) >= 11 is 0. The third-order valence-electron chi connectivity index (χ3n) is 5.91. The van der Waals surface area contributed by atoms with Gasteiger partial charge in [0.2, 0.25) is 0 Å². The van der Waals surface area contributed by atoms with Crippen LogP contribution < -0.4 is 0 Å². The maximum atomic E-state index is 14.5. The number of fused-ring (bicyclic) bond motifs is 2. The Morgan fingerprint density at radius 3 is 2.54 bits per heavy atom. The van der Waals surface area contributed by atoms with Crippen molar-refractivity contribution in [3.05, 3.63) is 72.8 Å². The fourth-order valence-corrected chi connectivity index (χ4v) is 4.77. The maximum Gasteiger partial charge on any atom is 0.161 e. The van der Waals surface area contributed by atoms with Crippen molar-refractivity contribution in [2.24, 2.45) is 0 Å². The van der Waals surface area contributed by atoms with E-state index >= 15 is 0 Å². The standard InChI is InChI=1S/C25H19FN8O2S/c1-37(35,36)5-4-14-6-15(8-17(26)7-14)18-11-27-12-21-22(18)32-25(31-21)24-23-20(33-34-24)3-2-19(30-23)16-9-28-13-29-10-16/h2-3,6-13H,4-5H2,1H3,(H,31,32)(H,33,34). The smallest absolute Gasteiger partial charge is 0.161 e. The molecule has 5 heterocycles. The molecule has 6 aromatic rings. The first kappa shape index (κ1) is 22.9. The number of hydrogen-bond donors (Lipinski definition) is 2. The molecule has 0 amide bonds. The van der Waals surface area contributed by atoms with E-state index in [2.05, 4.69) is 30.1 Å². The molecule has 0 saturated carbocycles. The molecule has 0 fully saturated rings. The first-order valence-corrected chi connectivity index (χ1v) is 13.3. The fraction of sp³-hybridized carbons (Fsp3) is 0.120. The quantitative estimate of drug-likeness (QED) is 0.342. The number of nitrogens with zero attached hydrogens (tertiary/aromatic N) is 6. The van der Waals surface area contributed by atoms with Gasteiger partial charge in [0, 0.05) is 36.0 Å². The molecule has 0 saturated heterocycles. The van der Waals surface area contributed by atoms with Crippen molar-refractivity contribution in [2.45, 2.75) is 6.42 Å². The van der Waals surface area contributed by atoms with Crippen LogP contribution in [0.4, 0.5) is 4.39 Å². The lowest BCUT2D eigenvalue weighted by Crippen LogP contribution is -2.06. The van der Waals surface area contributed by atoms with Crippen molar-refractivity contribution in [1.82, 2.24) is 40.1 Å². The third kappa shape index (κ3) is 4.54. The van der Waals surface area contributed by atoms with Gasteiger partial charge in [-0.1, -0.05) is 6.07 Å². The van der Waals surface area contributed by atoms with E-state index in [0.29, 0.717) is 50.5 Å². The summed E-state index contributed by atoms with van der Waals surface area (Å²) < 4.78 is 37.7. The monoisotopic (exact) mass is 514 g/mol. The Morgan fingerprint density at radius 2 is 1.73 bits per heavy atom. The van der Waals surface area contributed by atoms with Crippen LogP contribution in [-0.4, -0.2) is 60.5 Å². The van der Waals surface area contributed by atoms with Crippen molar-refractivity contribution in [3.63, 3.8) is 0 Å². The molecule has 0 atom stereocenters. The number of halogens is 1. The summed E-state index contributed by atoms with van der Waals surface area (Å²) in [6.07, 6.45) is 9.43. The first-order valence-electron chi connectivity index (χ1n) is 11.3. The minimum Gasteiger partial charge on any atom is -0.335 e. The second-order valence-electron chi connectivity index (χ2n) is 8.69. The highest BCUT2D eigenvalue weighted by atomic mass is 32.2. The van der Waals surface area contributed by atoms with E-state index in [-0.39, 0.29) is 12.2 Å². The highest BCUT2D eigenvalue weighted by molar-refractivity contribution is 7.90. The van der Waals surface area contributed by atoms with Gasteiger partial charge in [0.05, 0.1) is 34.2 Å². The van der Waals surface area contributed by atoms with Crippen molar-refractivity contribution in [2.75, 3.05) is 12.0 Å². The van der Waals surface area contributed by atoms with E-state index in [1.165, 1.54) is 18.5 Å². The summed E-state index contributed by atoms with van der Waals surface area (Å²) in [5, 5.41) is 7.40. The molecule has 0 aliphatic heterocycles. The lowest BCUT2D eigenvalue weighted by atomic mass is 10.0. The number of H-pyrrole nitrogens is 2. The molecule has 0 radical (unpaired) electrons. The Labute approximate surface area is 210 Å². The number of nitrogens with one attached hydrogen (secondary N) is 2. The van der Waals surface area contributed by atoms with E-state index in [4.69, 9.17) is 9.97 Å². The molecular formula is C25H19FN8O2S. The van der Waals surface area contributed by atoms with Crippen LogP contribution in [0.2, 0.25) is 0 Å². The molecule has 0 spiro atoms. The van der Waals surface area contributed by atoms with Gasteiger partial charge in [-0.3, -0.25) is 10.1 Å². The SMILES string of the molecule is CS(=O)(=O)CCc1cc(F)cc(-c2cncc3[nH]c(-c4n[nH]c5ccc(-c6cncnc6)nc45)nc23)c1. The van der Waals surface area contributed by atoms with E-state index in [0.717, 1.165) is 17.3 Å². The van der Waals surface area contributed by atoms with Crippen molar-refractivity contribution >= 4 is 31.9 Å². The summed E-state index contributed by atoms with van der Waals surface area (Å²) in [5.74, 6) is -0.0619. The molecule has 5 aromatic heterocycles. The topological polar surface area (TPSA) is 143 Å². The predicted octanol–water partition coefficient (Wildman–Crippen LogP) is 3.75. The summed E-state index contributed by atoms with van der Waals surface area (Å²) in [6.45, 7) is 0. The third-order valence-corrected chi connectivity index (χ3v) is 6.86. The zero-order valence-electron chi connectivity index (χ0n) is 19.5. The van der Waals surface area contributed by atoms with Crippen LogP contribution in [0.1, 0.15) is 5.56 Å². The van der Waals surface area contributed by atoms with Crippen LogP contribution in [0, 0.1) is 5.82 Å². The minimum absolute atomic E-state index is 0.0682. The molecule has 0 aliphatic carbocycles. The second kappa shape index (κ2) is 8.82. The number of imidazole rings is 1. The van der Waals surface area contributed by atoms with Crippen molar-refractivity contribution < 1.29 is 12.8 Å². The number of sulfone groups is 1. The van der Waals surface area contributed by atoms with E-state index in [1.807, 2.05) is 12.1 Å². The number of aryl methyl sites for hydroxylation is 1. The average Bonchev–Trinajstić information content (AvgIpc) is 3.51. The van der Waals surface area contributed by atoms with E-state index < -0.39 is 15.7 Å². The molecule has 0 aliphatic rings. The number of rotatable bonds is 6. The lowest BCUT2D eigenvalue weighted by Gasteiger charge is -2.07. The number of pyridine rings is 2. The second-order valence-corrected chi connectivity index (χ2v) is 10.9. The first-order chi connectivity index (χ1) is 17.8. The molecule has 6 rings (SSSR count). The lowest BCUT2D eigenvalue weighted by molar-refractivity contribution is 0.600. The number of aromatic nitrogens is 8. The van der Waals surface area contributed by atoms with Gasteiger partial charge in [0.1, 0.15) is 27.5 Å². The summed E-state index contributed by atoms with van der Waals surface area (Å²) in [6, 6.07) is 8.22. The number of hydrogen-bond acceptors (Lipinski definition) is 8. The zero-order valence-corrected chi connectivity index (χ0v) is 20.3. The highest BCUT2D eigenvalue weighted by Crippen LogP contribution is 2.32. The normalized spacial score (nSPS) is 11.9. The maximum absolute atomic E-state index is 14.5. The highest BCUT2D eigenvalue weighted by Gasteiger charge is 2.18. The Bertz CT molecular complexity index is 1880. The molecule has 1 aromatic carbocycles. The fourth-order valence-electron chi connectivity index (χ4n) is 4.17. The van der Waals surface area contributed by atoms with Gasteiger partial charge in [-0.05, 0) is 41.8 Å². The zero-order chi connectivity index (χ0) is 25.6. The van der Waals surface area contributed by atoms with Crippen LogP contribution in [0.25, 0.3) is 56.0 Å². The van der Waals surface area contributed by atoms with Crippen LogP contribution in [0.15, 0.2) is 61.4 Å². The Morgan fingerprint density at radius 1 is 0.892 bits per heavy atom. The van der Waals surface area contributed by atoms with E-state index in [9.17, 15) is 12.8 Å². The number of aromatic amines is 2. The Balaban J connectivity index is 1.44. The number of benzene rings is 1. The van der Waals surface area contributed by atoms with Gasteiger partial charge < -0.3 is 4.98 Å². The van der Waals surface area contributed by atoms with Crippen LogP contribution >= 0.6 is 0 Å². The Kier molecular flexibility index (Phi) is 5.45. The molecule has 37 heavy (non-hydrogen) atoms.